The van der Waals surface area contributed by atoms with Gasteiger partial charge in [0.15, 0.2) is 0 Å². The van der Waals surface area contributed by atoms with E-state index in [9.17, 15) is 0 Å². The van der Waals surface area contributed by atoms with Crippen molar-refractivity contribution in [3.8, 4) is 0 Å². The van der Waals surface area contributed by atoms with Gasteiger partial charge in [0.2, 0.25) is 0 Å². The second-order valence-electron chi connectivity index (χ2n) is 5.10. The first-order valence-electron chi connectivity index (χ1n) is 6.23. The normalized spacial score (nSPS) is 24.7. The Morgan fingerprint density at radius 3 is 2.80 bits per heavy atom. The zero-order valence-corrected chi connectivity index (χ0v) is 10.00. The Morgan fingerprint density at radius 1 is 1.47 bits per heavy atom. The molecule has 2 rings (SSSR count). The molecular weight excluding hydrogens is 186 g/mol. The van der Waals surface area contributed by atoms with Crippen LogP contribution in [-0.2, 0) is 0 Å². The van der Waals surface area contributed by atoms with E-state index in [0.29, 0.717) is 6.04 Å². The number of nitrogens with one attached hydrogen (secondary N) is 1. The van der Waals surface area contributed by atoms with Gasteiger partial charge in [-0.2, -0.15) is 0 Å². The fourth-order valence-electron chi connectivity index (χ4n) is 2.38. The zero-order chi connectivity index (χ0) is 10.8. The summed E-state index contributed by atoms with van der Waals surface area (Å²) in [6.45, 7) is 4.44. The predicted octanol–water partition coefficient (Wildman–Crippen LogP) is 1.93. The van der Waals surface area contributed by atoms with E-state index in [1.165, 1.54) is 25.7 Å². The topological polar surface area (TPSA) is 30.3 Å². The van der Waals surface area contributed by atoms with Crippen LogP contribution in [0.4, 0.5) is 0 Å². The Balaban J connectivity index is 1.81. The van der Waals surface area contributed by atoms with Gasteiger partial charge < -0.3 is 4.90 Å². The van der Waals surface area contributed by atoms with Crippen LogP contribution in [0, 0.1) is 5.41 Å². The highest BCUT2D eigenvalue weighted by molar-refractivity contribution is 5.79. The summed E-state index contributed by atoms with van der Waals surface area (Å²) in [5.74, 6) is 0.859. The summed E-state index contributed by atoms with van der Waals surface area (Å²) in [4.78, 5) is 4.76. The van der Waals surface area contributed by atoms with Gasteiger partial charge in [-0.25, -0.2) is 0 Å². The van der Waals surface area contributed by atoms with Gasteiger partial charge >= 0.3 is 0 Å². The highest BCUT2D eigenvalue weighted by atomic mass is 15.2. The van der Waals surface area contributed by atoms with Crippen LogP contribution in [0.25, 0.3) is 0 Å². The maximum absolute atomic E-state index is 7.91. The summed E-state index contributed by atoms with van der Waals surface area (Å²) in [6, 6.07) is 1.43. The zero-order valence-electron chi connectivity index (χ0n) is 10.00. The first-order valence-corrected chi connectivity index (χ1v) is 6.23. The standard InChI is InChI=1S/C12H23N3/c1-10(14(2)11-6-7-11)9-15-8-4-3-5-12(15)13/h10-11,13H,3-9H2,1-2H3. The average molecular weight is 209 g/mol. The number of hydrogen-bond donors (Lipinski definition) is 1. The van der Waals surface area contributed by atoms with Crippen LogP contribution in [0.5, 0.6) is 0 Å². The summed E-state index contributed by atoms with van der Waals surface area (Å²) in [5, 5.41) is 7.91. The van der Waals surface area contributed by atoms with Gasteiger partial charge in [0.05, 0.1) is 5.84 Å². The molecule has 1 unspecified atom stereocenters. The molecule has 0 bridgehead atoms. The second kappa shape index (κ2) is 4.52. The quantitative estimate of drug-likeness (QED) is 0.767. The van der Waals surface area contributed by atoms with Crippen molar-refractivity contribution in [2.75, 3.05) is 20.1 Å². The lowest BCUT2D eigenvalue weighted by atomic mass is 10.1. The van der Waals surface area contributed by atoms with Crippen molar-refractivity contribution in [3.05, 3.63) is 0 Å². The van der Waals surface area contributed by atoms with Crippen LogP contribution in [0.3, 0.4) is 0 Å². The minimum atomic E-state index is 0.593. The molecule has 0 spiro atoms. The minimum Gasteiger partial charge on any atom is -0.359 e. The maximum atomic E-state index is 7.91. The molecule has 2 fully saturated rings. The third kappa shape index (κ3) is 2.71. The SMILES string of the molecule is CC(CN1CCCCC1=N)N(C)C1CC1. The molecule has 1 aliphatic carbocycles. The number of amidine groups is 1. The summed E-state index contributed by atoms with van der Waals surface area (Å²) >= 11 is 0. The highest BCUT2D eigenvalue weighted by Gasteiger charge is 2.30. The Kier molecular flexibility index (Phi) is 3.29. The Hall–Kier alpha value is -0.570. The predicted molar refractivity (Wildman–Crippen MR) is 63.4 cm³/mol. The molecule has 1 aliphatic heterocycles. The fourth-order valence-corrected chi connectivity index (χ4v) is 2.38. The van der Waals surface area contributed by atoms with Gasteiger partial charge in [-0.05, 0) is 39.7 Å². The summed E-state index contributed by atoms with van der Waals surface area (Å²) < 4.78 is 0. The smallest absolute Gasteiger partial charge is 0.0958 e. The van der Waals surface area contributed by atoms with Crippen molar-refractivity contribution in [2.45, 2.75) is 51.1 Å². The third-order valence-electron chi connectivity index (χ3n) is 3.78. The lowest BCUT2D eigenvalue weighted by Gasteiger charge is -2.35. The average Bonchev–Trinajstić information content (AvgIpc) is 3.04. The van der Waals surface area contributed by atoms with Gasteiger partial charge in [0.1, 0.15) is 0 Å². The van der Waals surface area contributed by atoms with E-state index in [-0.39, 0.29) is 0 Å². The lowest BCUT2D eigenvalue weighted by Crippen LogP contribution is -2.45. The van der Waals surface area contributed by atoms with Gasteiger partial charge in [-0.3, -0.25) is 10.3 Å². The fraction of sp³-hybridized carbons (Fsp3) is 0.917. The molecule has 86 valence electrons. The highest BCUT2D eigenvalue weighted by Crippen LogP contribution is 2.27. The third-order valence-corrected chi connectivity index (χ3v) is 3.78. The first-order chi connectivity index (χ1) is 7.18. The Morgan fingerprint density at radius 2 is 2.20 bits per heavy atom. The molecule has 0 aromatic heterocycles. The molecule has 15 heavy (non-hydrogen) atoms. The van der Waals surface area contributed by atoms with E-state index in [2.05, 4.69) is 23.8 Å². The molecule has 1 atom stereocenters. The number of likely N-dealkylation sites (N-methyl/N-ethyl adjacent to an activating group) is 1. The molecule has 1 saturated carbocycles. The number of nitrogens with zero attached hydrogens (tertiary/aromatic N) is 2. The number of piperidine rings is 1. The summed E-state index contributed by atoms with van der Waals surface area (Å²) in [6.07, 6.45) is 6.21. The van der Waals surface area contributed by atoms with Crippen molar-refractivity contribution in [1.29, 1.82) is 5.41 Å². The van der Waals surface area contributed by atoms with Crippen LogP contribution in [0.2, 0.25) is 0 Å². The van der Waals surface area contributed by atoms with E-state index in [0.717, 1.165) is 31.4 Å². The van der Waals surface area contributed by atoms with Crippen LogP contribution < -0.4 is 0 Å². The second-order valence-corrected chi connectivity index (χ2v) is 5.10. The minimum absolute atomic E-state index is 0.593. The Labute approximate surface area is 92.9 Å². The molecular formula is C12H23N3. The van der Waals surface area contributed by atoms with Crippen molar-refractivity contribution in [3.63, 3.8) is 0 Å². The maximum Gasteiger partial charge on any atom is 0.0958 e. The largest absolute Gasteiger partial charge is 0.359 e. The number of hydrogen-bond acceptors (Lipinski definition) is 2. The number of rotatable bonds is 4. The summed E-state index contributed by atoms with van der Waals surface area (Å²) in [5.41, 5.74) is 0. The van der Waals surface area contributed by atoms with E-state index < -0.39 is 0 Å². The van der Waals surface area contributed by atoms with Crippen molar-refractivity contribution < 1.29 is 0 Å². The van der Waals surface area contributed by atoms with Gasteiger partial charge in [-0.15, -0.1) is 0 Å². The van der Waals surface area contributed by atoms with E-state index >= 15 is 0 Å². The lowest BCUT2D eigenvalue weighted by molar-refractivity contribution is 0.200. The molecule has 2 aliphatic rings. The van der Waals surface area contributed by atoms with Crippen molar-refractivity contribution >= 4 is 5.84 Å². The molecule has 0 aromatic rings. The van der Waals surface area contributed by atoms with Crippen LogP contribution in [0.1, 0.15) is 39.0 Å². The molecule has 1 N–H and O–H groups in total. The molecule has 3 heteroatoms. The van der Waals surface area contributed by atoms with Gasteiger partial charge in [0.25, 0.3) is 0 Å². The van der Waals surface area contributed by atoms with E-state index in [1.807, 2.05) is 0 Å². The molecule has 1 saturated heterocycles. The van der Waals surface area contributed by atoms with Crippen LogP contribution >= 0.6 is 0 Å². The van der Waals surface area contributed by atoms with Crippen LogP contribution in [-0.4, -0.2) is 47.9 Å². The van der Waals surface area contributed by atoms with Crippen molar-refractivity contribution in [2.24, 2.45) is 0 Å². The van der Waals surface area contributed by atoms with E-state index in [4.69, 9.17) is 5.41 Å². The van der Waals surface area contributed by atoms with Gasteiger partial charge in [0, 0.05) is 31.6 Å². The molecule has 3 nitrogen and oxygen atoms in total. The van der Waals surface area contributed by atoms with Crippen molar-refractivity contribution in [1.82, 2.24) is 9.80 Å². The monoisotopic (exact) mass is 209 g/mol. The molecule has 0 amide bonds. The van der Waals surface area contributed by atoms with Crippen LogP contribution in [0.15, 0.2) is 0 Å². The van der Waals surface area contributed by atoms with Gasteiger partial charge in [-0.1, -0.05) is 0 Å². The Bertz CT molecular complexity index is 235. The number of likely N-dealkylation sites (tertiary alicyclic amines) is 1. The first kappa shape index (κ1) is 10.9. The molecule has 0 aromatic carbocycles. The molecule has 1 heterocycles. The molecule has 0 radical (unpaired) electrons. The summed E-state index contributed by atoms with van der Waals surface area (Å²) in [7, 11) is 2.23. The van der Waals surface area contributed by atoms with E-state index in [1.54, 1.807) is 0 Å².